The molecule has 1 aromatic rings. The number of nitrogens with zero attached hydrogens (tertiary/aromatic N) is 1. The van der Waals surface area contributed by atoms with Crippen molar-refractivity contribution in [2.45, 2.75) is 59.2 Å². The molecule has 0 spiro atoms. The molecule has 0 aromatic heterocycles. The van der Waals surface area contributed by atoms with Crippen molar-refractivity contribution in [2.75, 3.05) is 6.54 Å². The third-order valence-electron chi connectivity index (χ3n) is 4.40. The molecule has 1 saturated carbocycles. The molecule has 2 rings (SSSR count). The Morgan fingerprint density at radius 2 is 1.92 bits per heavy atom. The van der Waals surface area contributed by atoms with Crippen molar-refractivity contribution in [1.29, 1.82) is 0 Å². The van der Waals surface area contributed by atoms with E-state index in [1.54, 1.807) is 0 Å². The number of hydrogen-bond acceptors (Lipinski definition) is 2. The zero-order valence-corrected chi connectivity index (χ0v) is 18.0. The molecule has 0 bridgehead atoms. The van der Waals surface area contributed by atoms with Gasteiger partial charge in [0.05, 0.1) is 6.54 Å². The first-order valence-electron chi connectivity index (χ1n) is 8.98. The van der Waals surface area contributed by atoms with E-state index in [1.807, 2.05) is 31.2 Å². The summed E-state index contributed by atoms with van der Waals surface area (Å²) in [5.41, 5.74) is 1.79. The molecule has 0 heterocycles. The Bertz CT molecular complexity index is 573. The summed E-state index contributed by atoms with van der Waals surface area (Å²) in [5, 5.41) is 9.70. The zero-order valence-electron chi connectivity index (χ0n) is 15.6. The molecule has 3 unspecified atom stereocenters. The molecule has 6 heteroatoms. The van der Waals surface area contributed by atoms with Gasteiger partial charge in [-0.1, -0.05) is 26.0 Å². The Balaban J connectivity index is 0.00000312. The lowest BCUT2D eigenvalue weighted by atomic mass is 10.1. The van der Waals surface area contributed by atoms with E-state index in [4.69, 9.17) is 0 Å². The fourth-order valence-corrected chi connectivity index (χ4v) is 2.36. The van der Waals surface area contributed by atoms with Crippen molar-refractivity contribution >= 4 is 35.8 Å². The van der Waals surface area contributed by atoms with Crippen LogP contribution in [0.3, 0.4) is 0 Å². The van der Waals surface area contributed by atoms with Crippen molar-refractivity contribution in [3.8, 4) is 0 Å². The van der Waals surface area contributed by atoms with Crippen LogP contribution < -0.4 is 16.0 Å². The predicted octanol–water partition coefficient (Wildman–Crippen LogP) is 3.30. The van der Waals surface area contributed by atoms with Crippen LogP contribution in [-0.4, -0.2) is 30.5 Å². The van der Waals surface area contributed by atoms with Gasteiger partial charge in [-0.2, -0.15) is 0 Å². The molecule has 5 nitrogen and oxygen atoms in total. The third-order valence-corrected chi connectivity index (χ3v) is 4.40. The number of benzene rings is 1. The molecular formula is C19H31IN4O. The first kappa shape index (κ1) is 21.7. The molecule has 25 heavy (non-hydrogen) atoms. The molecule has 1 aromatic carbocycles. The monoisotopic (exact) mass is 458 g/mol. The van der Waals surface area contributed by atoms with Gasteiger partial charge in [0.1, 0.15) is 0 Å². The number of aliphatic imine (C=N–C) groups is 1. The summed E-state index contributed by atoms with van der Waals surface area (Å²) >= 11 is 0. The van der Waals surface area contributed by atoms with Crippen molar-refractivity contribution in [3.05, 3.63) is 35.4 Å². The number of hydrogen-bond donors (Lipinski definition) is 3. The molecular weight excluding hydrogens is 427 g/mol. The van der Waals surface area contributed by atoms with Gasteiger partial charge in [-0.3, -0.25) is 4.79 Å². The van der Waals surface area contributed by atoms with Crippen LogP contribution in [0.5, 0.6) is 0 Å². The Morgan fingerprint density at radius 1 is 1.28 bits per heavy atom. The van der Waals surface area contributed by atoms with Gasteiger partial charge in [-0.25, -0.2) is 4.99 Å². The van der Waals surface area contributed by atoms with Gasteiger partial charge in [-0.15, -0.1) is 24.0 Å². The number of carbonyl (C=O) groups excluding carboxylic acids is 1. The summed E-state index contributed by atoms with van der Waals surface area (Å²) < 4.78 is 0. The van der Waals surface area contributed by atoms with E-state index >= 15 is 0 Å². The molecule has 1 aliphatic rings. The number of guanidine groups is 1. The lowest BCUT2D eigenvalue weighted by Gasteiger charge is -2.12. The molecule has 3 N–H and O–H groups in total. The Hall–Kier alpha value is -1.31. The fraction of sp³-hybridized carbons (Fsp3) is 0.579. The molecule has 0 radical (unpaired) electrons. The maximum absolute atomic E-state index is 12.1. The van der Waals surface area contributed by atoms with Crippen LogP contribution in [0.25, 0.3) is 0 Å². The van der Waals surface area contributed by atoms with E-state index < -0.39 is 0 Å². The van der Waals surface area contributed by atoms with Gasteiger partial charge in [0, 0.05) is 24.2 Å². The second-order valence-corrected chi connectivity index (χ2v) is 6.64. The number of rotatable bonds is 7. The maximum atomic E-state index is 12.1. The SMILES string of the molecule is CCNC(=NCc1ccc(C(=O)NC(C)CC)cc1)NC1CC1C.I. The predicted molar refractivity (Wildman–Crippen MR) is 115 cm³/mol. The molecule has 3 atom stereocenters. The van der Waals surface area contributed by atoms with E-state index in [-0.39, 0.29) is 35.9 Å². The van der Waals surface area contributed by atoms with Crippen LogP contribution in [0.15, 0.2) is 29.3 Å². The van der Waals surface area contributed by atoms with Gasteiger partial charge >= 0.3 is 0 Å². The van der Waals surface area contributed by atoms with Crippen LogP contribution >= 0.6 is 24.0 Å². The van der Waals surface area contributed by atoms with E-state index in [9.17, 15) is 4.79 Å². The van der Waals surface area contributed by atoms with Crippen molar-refractivity contribution in [2.24, 2.45) is 10.9 Å². The number of amides is 1. The van der Waals surface area contributed by atoms with Gasteiger partial charge in [-0.05, 0) is 50.3 Å². The number of halogens is 1. The van der Waals surface area contributed by atoms with Gasteiger partial charge in [0.2, 0.25) is 0 Å². The second-order valence-electron chi connectivity index (χ2n) is 6.64. The van der Waals surface area contributed by atoms with Gasteiger partial charge < -0.3 is 16.0 Å². The first-order valence-corrected chi connectivity index (χ1v) is 8.98. The van der Waals surface area contributed by atoms with Gasteiger partial charge in [0.25, 0.3) is 5.91 Å². The standard InChI is InChI=1S/C19H30N4O.HI/c1-5-14(4)22-18(24)16-9-7-15(8-10-16)12-21-19(20-6-2)23-17-11-13(17)3;/h7-10,13-14,17H,5-6,11-12H2,1-4H3,(H,22,24)(H2,20,21,23);1H. The minimum atomic E-state index is -0.0165. The lowest BCUT2D eigenvalue weighted by Crippen LogP contribution is -2.39. The van der Waals surface area contributed by atoms with Crippen LogP contribution in [0.1, 0.15) is 56.5 Å². The first-order chi connectivity index (χ1) is 11.5. The molecule has 0 aliphatic heterocycles. The quantitative estimate of drug-likeness (QED) is 0.334. The molecule has 1 aliphatic carbocycles. The normalized spacial score (nSPS) is 20.2. The summed E-state index contributed by atoms with van der Waals surface area (Å²) in [7, 11) is 0. The third kappa shape index (κ3) is 7.22. The van der Waals surface area contributed by atoms with Crippen molar-refractivity contribution in [3.63, 3.8) is 0 Å². The van der Waals surface area contributed by atoms with E-state index in [0.717, 1.165) is 30.4 Å². The van der Waals surface area contributed by atoms with Crippen molar-refractivity contribution < 1.29 is 4.79 Å². The highest BCUT2D eigenvalue weighted by Gasteiger charge is 2.33. The summed E-state index contributed by atoms with van der Waals surface area (Å²) in [4.78, 5) is 16.7. The van der Waals surface area contributed by atoms with Gasteiger partial charge in [0.15, 0.2) is 5.96 Å². The van der Waals surface area contributed by atoms with E-state index in [0.29, 0.717) is 18.2 Å². The smallest absolute Gasteiger partial charge is 0.251 e. The van der Waals surface area contributed by atoms with E-state index in [2.05, 4.69) is 41.7 Å². The Kier molecular flexibility index (Phi) is 9.24. The summed E-state index contributed by atoms with van der Waals surface area (Å²) in [6.45, 7) is 9.83. The summed E-state index contributed by atoms with van der Waals surface area (Å²) in [6, 6.07) is 8.42. The van der Waals surface area contributed by atoms with Crippen LogP contribution in [0.4, 0.5) is 0 Å². The molecule has 1 fully saturated rings. The molecule has 1 amide bonds. The zero-order chi connectivity index (χ0) is 17.5. The average molecular weight is 458 g/mol. The van der Waals surface area contributed by atoms with Crippen LogP contribution in [0, 0.1) is 5.92 Å². The van der Waals surface area contributed by atoms with E-state index in [1.165, 1.54) is 6.42 Å². The number of carbonyl (C=O) groups is 1. The summed E-state index contributed by atoms with van der Waals surface area (Å²) in [6.07, 6.45) is 2.14. The summed E-state index contributed by atoms with van der Waals surface area (Å²) in [5.74, 6) is 1.58. The average Bonchev–Trinajstić information content (AvgIpc) is 3.28. The van der Waals surface area contributed by atoms with Crippen LogP contribution in [-0.2, 0) is 6.54 Å². The largest absolute Gasteiger partial charge is 0.357 e. The highest BCUT2D eigenvalue weighted by atomic mass is 127. The minimum Gasteiger partial charge on any atom is -0.357 e. The second kappa shape index (κ2) is 10.6. The Labute approximate surface area is 168 Å². The highest BCUT2D eigenvalue weighted by Crippen LogP contribution is 2.28. The molecule has 140 valence electrons. The lowest BCUT2D eigenvalue weighted by molar-refractivity contribution is 0.0939. The maximum Gasteiger partial charge on any atom is 0.251 e. The fourth-order valence-electron chi connectivity index (χ4n) is 2.36. The topological polar surface area (TPSA) is 65.5 Å². The number of nitrogens with one attached hydrogen (secondary N) is 3. The minimum absolute atomic E-state index is 0. The van der Waals surface area contributed by atoms with Crippen LogP contribution in [0.2, 0.25) is 0 Å². The molecule has 0 saturated heterocycles. The van der Waals surface area contributed by atoms with Crippen molar-refractivity contribution in [1.82, 2.24) is 16.0 Å². The highest BCUT2D eigenvalue weighted by molar-refractivity contribution is 14.0. The Morgan fingerprint density at radius 3 is 2.44 bits per heavy atom.